The van der Waals surface area contributed by atoms with Gasteiger partial charge in [0.05, 0.1) is 0 Å². The van der Waals surface area contributed by atoms with Crippen LogP contribution in [0.2, 0.25) is 5.28 Å². The fourth-order valence-corrected chi connectivity index (χ4v) is 2.16. The average Bonchev–Trinajstić information content (AvgIpc) is 2.46. The number of halogens is 1. The van der Waals surface area contributed by atoms with Gasteiger partial charge in [0, 0.05) is 19.6 Å². The lowest BCUT2D eigenvalue weighted by atomic mass is 10.0. The molecule has 0 atom stereocenters. The summed E-state index contributed by atoms with van der Waals surface area (Å²) in [6, 6.07) is 0. The first kappa shape index (κ1) is 17.0. The first-order chi connectivity index (χ1) is 9.64. The van der Waals surface area contributed by atoms with Gasteiger partial charge in [-0.1, -0.05) is 33.6 Å². The van der Waals surface area contributed by atoms with E-state index in [1.165, 1.54) is 0 Å². The zero-order valence-electron chi connectivity index (χ0n) is 13.0. The van der Waals surface area contributed by atoms with Crippen LogP contribution in [0.1, 0.15) is 47.0 Å². The van der Waals surface area contributed by atoms with E-state index in [4.69, 9.17) is 11.6 Å². The van der Waals surface area contributed by atoms with E-state index in [0.29, 0.717) is 17.8 Å². The summed E-state index contributed by atoms with van der Waals surface area (Å²) in [5, 5.41) is 3.41. The van der Waals surface area contributed by atoms with Crippen molar-refractivity contribution in [2.24, 2.45) is 5.92 Å². The molecular weight excluding hydrogens is 274 g/mol. The Morgan fingerprint density at radius 3 is 2.35 bits per heavy atom. The molecule has 0 aromatic carbocycles. The van der Waals surface area contributed by atoms with Crippen molar-refractivity contribution in [1.29, 1.82) is 0 Å². The largest absolute Gasteiger partial charge is 0.354 e. The Labute approximate surface area is 127 Å². The molecule has 0 radical (unpaired) electrons. The van der Waals surface area contributed by atoms with Crippen LogP contribution in [0.3, 0.4) is 0 Å². The molecule has 114 valence electrons. The molecule has 1 aromatic rings. The smallest absolute Gasteiger partial charge is 0.231 e. The van der Waals surface area contributed by atoms with Crippen molar-refractivity contribution in [2.45, 2.75) is 47.0 Å². The third-order valence-electron chi connectivity index (χ3n) is 3.43. The van der Waals surface area contributed by atoms with E-state index in [9.17, 15) is 0 Å². The fourth-order valence-electron chi connectivity index (χ4n) is 2.01. The predicted molar refractivity (Wildman–Crippen MR) is 85.6 cm³/mol. The molecule has 20 heavy (non-hydrogen) atoms. The lowest BCUT2D eigenvalue weighted by Crippen LogP contribution is -2.31. The Morgan fingerprint density at radius 2 is 1.80 bits per heavy atom. The molecular formula is C14H26ClN5. The van der Waals surface area contributed by atoms with Crippen molar-refractivity contribution in [2.75, 3.05) is 29.9 Å². The van der Waals surface area contributed by atoms with E-state index in [2.05, 4.69) is 52.9 Å². The van der Waals surface area contributed by atoms with Gasteiger partial charge in [-0.15, -0.1) is 0 Å². The van der Waals surface area contributed by atoms with E-state index in [1.54, 1.807) is 0 Å². The Morgan fingerprint density at radius 1 is 1.10 bits per heavy atom. The summed E-state index contributed by atoms with van der Waals surface area (Å²) in [4.78, 5) is 15.0. The highest BCUT2D eigenvalue weighted by molar-refractivity contribution is 6.28. The number of anilines is 2. The molecule has 1 aromatic heterocycles. The number of nitrogens with zero attached hydrogens (tertiary/aromatic N) is 4. The number of rotatable bonds is 9. The minimum absolute atomic E-state index is 0.247. The molecule has 1 heterocycles. The Hall–Kier alpha value is -1.10. The summed E-state index contributed by atoms with van der Waals surface area (Å²) in [5.74, 6) is 1.88. The SMILES string of the molecule is CCCNc1nc(Cl)nc(N(CC)CC(CC)CC)n1. The molecule has 0 spiro atoms. The molecule has 0 bridgehead atoms. The third kappa shape index (κ3) is 5.12. The molecule has 0 amide bonds. The van der Waals surface area contributed by atoms with Crippen molar-refractivity contribution in [1.82, 2.24) is 15.0 Å². The number of hydrogen-bond acceptors (Lipinski definition) is 5. The highest BCUT2D eigenvalue weighted by atomic mass is 35.5. The summed E-state index contributed by atoms with van der Waals surface area (Å²) in [6.45, 7) is 11.3. The minimum atomic E-state index is 0.247. The zero-order valence-corrected chi connectivity index (χ0v) is 13.7. The maximum absolute atomic E-state index is 6.01. The minimum Gasteiger partial charge on any atom is -0.354 e. The maximum Gasteiger partial charge on any atom is 0.231 e. The van der Waals surface area contributed by atoms with E-state index < -0.39 is 0 Å². The second-order valence-electron chi connectivity index (χ2n) is 4.88. The summed E-state index contributed by atoms with van der Waals surface area (Å²) in [6.07, 6.45) is 3.34. The van der Waals surface area contributed by atoms with Gasteiger partial charge < -0.3 is 10.2 Å². The average molecular weight is 300 g/mol. The van der Waals surface area contributed by atoms with Crippen molar-refractivity contribution in [3.05, 3.63) is 5.28 Å². The molecule has 0 aliphatic heterocycles. The van der Waals surface area contributed by atoms with E-state index in [-0.39, 0.29) is 5.28 Å². The molecule has 1 N–H and O–H groups in total. The highest BCUT2D eigenvalue weighted by Gasteiger charge is 2.15. The van der Waals surface area contributed by atoms with Gasteiger partial charge in [0.25, 0.3) is 0 Å². The van der Waals surface area contributed by atoms with Gasteiger partial charge in [0.1, 0.15) is 0 Å². The van der Waals surface area contributed by atoms with Crippen LogP contribution in [0.15, 0.2) is 0 Å². The van der Waals surface area contributed by atoms with Gasteiger partial charge in [-0.25, -0.2) is 0 Å². The van der Waals surface area contributed by atoms with Crippen LogP contribution in [0.4, 0.5) is 11.9 Å². The summed E-state index contributed by atoms with van der Waals surface area (Å²) in [5.41, 5.74) is 0. The molecule has 1 rings (SSSR count). The Bertz CT molecular complexity index is 395. The van der Waals surface area contributed by atoms with Crippen LogP contribution >= 0.6 is 11.6 Å². The Balaban J connectivity index is 2.87. The van der Waals surface area contributed by atoms with E-state index >= 15 is 0 Å². The topological polar surface area (TPSA) is 53.9 Å². The van der Waals surface area contributed by atoms with Crippen LogP contribution in [0.5, 0.6) is 0 Å². The zero-order chi connectivity index (χ0) is 15.0. The van der Waals surface area contributed by atoms with Crippen molar-refractivity contribution < 1.29 is 0 Å². The van der Waals surface area contributed by atoms with E-state index in [0.717, 1.165) is 38.9 Å². The number of hydrogen-bond donors (Lipinski definition) is 1. The van der Waals surface area contributed by atoms with Gasteiger partial charge >= 0.3 is 0 Å². The van der Waals surface area contributed by atoms with Crippen LogP contribution in [-0.2, 0) is 0 Å². The molecule has 0 aliphatic carbocycles. The Kier molecular flexibility index (Phi) is 7.59. The van der Waals surface area contributed by atoms with Gasteiger partial charge in [-0.3, -0.25) is 0 Å². The van der Waals surface area contributed by atoms with Gasteiger partial charge in [-0.05, 0) is 30.9 Å². The lowest BCUT2D eigenvalue weighted by Gasteiger charge is -2.25. The second-order valence-corrected chi connectivity index (χ2v) is 5.21. The first-order valence-corrected chi connectivity index (χ1v) is 7.92. The fraction of sp³-hybridized carbons (Fsp3) is 0.786. The van der Waals surface area contributed by atoms with Crippen molar-refractivity contribution >= 4 is 23.5 Å². The van der Waals surface area contributed by atoms with Gasteiger partial charge in [0.15, 0.2) is 0 Å². The van der Waals surface area contributed by atoms with Crippen molar-refractivity contribution in [3.8, 4) is 0 Å². The quantitative estimate of drug-likeness (QED) is 0.755. The van der Waals surface area contributed by atoms with Crippen molar-refractivity contribution in [3.63, 3.8) is 0 Å². The molecule has 0 fully saturated rings. The van der Waals surface area contributed by atoms with Gasteiger partial charge in [-0.2, -0.15) is 15.0 Å². The number of nitrogens with one attached hydrogen (secondary N) is 1. The maximum atomic E-state index is 6.01. The molecule has 0 aliphatic rings. The van der Waals surface area contributed by atoms with Crippen LogP contribution in [-0.4, -0.2) is 34.6 Å². The molecule has 0 saturated heterocycles. The number of aromatic nitrogens is 3. The molecule has 0 saturated carbocycles. The second kappa shape index (κ2) is 8.95. The standard InChI is InChI=1S/C14H26ClN5/c1-5-9-16-13-17-12(15)18-14(19-13)20(8-4)10-11(6-2)7-3/h11H,5-10H2,1-4H3,(H,16,17,18,19). The third-order valence-corrected chi connectivity index (χ3v) is 3.60. The molecule has 0 unspecified atom stereocenters. The highest BCUT2D eigenvalue weighted by Crippen LogP contribution is 2.17. The van der Waals surface area contributed by atoms with Crippen LogP contribution in [0.25, 0.3) is 0 Å². The first-order valence-electron chi connectivity index (χ1n) is 7.54. The van der Waals surface area contributed by atoms with Crippen LogP contribution in [0, 0.1) is 5.92 Å². The van der Waals surface area contributed by atoms with Gasteiger partial charge in [0.2, 0.25) is 17.2 Å². The lowest BCUT2D eigenvalue weighted by molar-refractivity contribution is 0.482. The monoisotopic (exact) mass is 299 g/mol. The summed E-state index contributed by atoms with van der Waals surface area (Å²) < 4.78 is 0. The van der Waals surface area contributed by atoms with E-state index in [1.807, 2.05) is 0 Å². The normalized spacial score (nSPS) is 10.9. The summed E-state index contributed by atoms with van der Waals surface area (Å²) in [7, 11) is 0. The van der Waals surface area contributed by atoms with Crippen LogP contribution < -0.4 is 10.2 Å². The molecule has 6 heteroatoms. The summed E-state index contributed by atoms with van der Waals surface area (Å²) >= 11 is 6.01. The molecule has 5 nitrogen and oxygen atoms in total. The predicted octanol–water partition coefficient (Wildman–Crippen LogP) is 3.61.